The van der Waals surface area contributed by atoms with E-state index in [0.717, 1.165) is 35.5 Å². The monoisotopic (exact) mass is 399 g/mol. The predicted molar refractivity (Wildman–Crippen MR) is 108 cm³/mol. The zero-order chi connectivity index (χ0) is 19.7. The molecule has 0 unspecified atom stereocenters. The molecule has 148 valence electrons. The summed E-state index contributed by atoms with van der Waals surface area (Å²) < 4.78 is 7.18. The number of carbonyl (C=O) groups excluding carboxylic acids is 1. The van der Waals surface area contributed by atoms with Gasteiger partial charge in [0.25, 0.3) is 5.91 Å². The first-order chi connectivity index (χ1) is 13.5. The summed E-state index contributed by atoms with van der Waals surface area (Å²) in [5.74, 6) is 0.346. The molecule has 0 saturated carbocycles. The van der Waals surface area contributed by atoms with E-state index in [1.165, 1.54) is 30.6 Å². The number of nitrogens with one attached hydrogen (secondary N) is 1. The minimum absolute atomic E-state index is 0.282. The molecule has 28 heavy (non-hydrogen) atoms. The van der Waals surface area contributed by atoms with Crippen LogP contribution in [0.1, 0.15) is 69.5 Å². The van der Waals surface area contributed by atoms with Gasteiger partial charge < -0.3 is 4.52 Å². The predicted octanol–water partition coefficient (Wildman–Crippen LogP) is 4.21. The fraction of sp³-hybridized carbons (Fsp3) is 0.500. The Morgan fingerprint density at radius 1 is 1.21 bits per heavy atom. The third-order valence-electron chi connectivity index (χ3n) is 5.18. The number of carbonyl (C=O) groups is 1. The summed E-state index contributed by atoms with van der Waals surface area (Å²) >= 11 is 1.58. The molecule has 4 rings (SSSR count). The number of rotatable bonds is 4. The fourth-order valence-corrected chi connectivity index (χ4v) is 4.70. The van der Waals surface area contributed by atoms with Crippen molar-refractivity contribution in [1.82, 2.24) is 19.9 Å². The summed E-state index contributed by atoms with van der Waals surface area (Å²) in [7, 11) is 0. The maximum Gasteiger partial charge on any atom is 0.279 e. The highest BCUT2D eigenvalue weighted by atomic mass is 32.1. The van der Waals surface area contributed by atoms with Crippen molar-refractivity contribution in [2.75, 3.05) is 5.32 Å². The number of amides is 1. The zero-order valence-corrected chi connectivity index (χ0v) is 17.4. The van der Waals surface area contributed by atoms with Gasteiger partial charge in [0.2, 0.25) is 0 Å². The Labute approximate surface area is 168 Å². The zero-order valence-electron chi connectivity index (χ0n) is 16.5. The first-order valence-corrected chi connectivity index (χ1v) is 10.6. The molecule has 3 heterocycles. The third kappa shape index (κ3) is 3.87. The van der Waals surface area contributed by atoms with Crippen molar-refractivity contribution in [3.05, 3.63) is 45.0 Å². The quantitative estimate of drug-likeness (QED) is 0.710. The fourth-order valence-electron chi connectivity index (χ4n) is 3.66. The van der Waals surface area contributed by atoms with Gasteiger partial charge in [0.15, 0.2) is 10.8 Å². The maximum absolute atomic E-state index is 12.9. The summed E-state index contributed by atoms with van der Waals surface area (Å²) in [5, 5.41) is 12.1. The lowest BCUT2D eigenvalue weighted by Gasteiger charge is -2.06. The smallest absolute Gasteiger partial charge is 0.279 e. The molecule has 0 saturated heterocycles. The van der Waals surface area contributed by atoms with E-state index in [1.807, 2.05) is 31.5 Å². The van der Waals surface area contributed by atoms with Gasteiger partial charge in [-0.3, -0.25) is 14.8 Å². The molecule has 3 aromatic heterocycles. The van der Waals surface area contributed by atoms with E-state index in [2.05, 4.69) is 20.6 Å². The molecule has 1 aliphatic rings. The number of thiazole rings is 1. The highest BCUT2D eigenvalue weighted by Crippen LogP contribution is 2.29. The van der Waals surface area contributed by atoms with Crippen LogP contribution in [-0.4, -0.2) is 25.8 Å². The van der Waals surface area contributed by atoms with Crippen molar-refractivity contribution >= 4 is 22.4 Å². The molecule has 8 heteroatoms. The normalized spacial score (nSPS) is 14.4. The Balaban J connectivity index is 1.54. The van der Waals surface area contributed by atoms with Gasteiger partial charge in [0.05, 0.1) is 17.9 Å². The van der Waals surface area contributed by atoms with Crippen LogP contribution in [0, 0.1) is 20.8 Å². The van der Waals surface area contributed by atoms with Crippen LogP contribution in [0.2, 0.25) is 0 Å². The van der Waals surface area contributed by atoms with Gasteiger partial charge in [-0.1, -0.05) is 18.0 Å². The SMILES string of the molecule is Cc1cc(C)n(Cc2c(C(=O)Nc3nc4c(s3)CCCCCC4)noc2C)n1. The molecule has 1 N–H and O–H groups in total. The van der Waals surface area contributed by atoms with Gasteiger partial charge in [0.1, 0.15) is 5.76 Å². The minimum Gasteiger partial charge on any atom is -0.361 e. The topological polar surface area (TPSA) is 85.8 Å². The first kappa shape index (κ1) is 18.9. The number of aromatic nitrogens is 4. The lowest BCUT2D eigenvalue weighted by atomic mass is 10.0. The molecule has 0 aromatic carbocycles. The molecule has 3 aromatic rings. The average Bonchev–Trinajstić information content (AvgIpc) is 3.27. The van der Waals surface area contributed by atoms with E-state index in [9.17, 15) is 4.79 Å². The van der Waals surface area contributed by atoms with E-state index in [4.69, 9.17) is 4.52 Å². The van der Waals surface area contributed by atoms with Crippen LogP contribution in [0.15, 0.2) is 10.6 Å². The molecular formula is C20H25N5O2S. The molecule has 0 atom stereocenters. The van der Waals surface area contributed by atoms with Crippen LogP contribution in [0.4, 0.5) is 5.13 Å². The largest absolute Gasteiger partial charge is 0.361 e. The Bertz CT molecular complexity index is 975. The van der Waals surface area contributed by atoms with Crippen LogP contribution < -0.4 is 5.32 Å². The van der Waals surface area contributed by atoms with Crippen molar-refractivity contribution < 1.29 is 9.32 Å². The number of hydrogen-bond acceptors (Lipinski definition) is 6. The second-order valence-corrected chi connectivity index (χ2v) is 8.49. The lowest BCUT2D eigenvalue weighted by Crippen LogP contribution is -2.16. The highest BCUT2D eigenvalue weighted by Gasteiger charge is 2.23. The number of aryl methyl sites for hydroxylation is 5. The molecule has 7 nitrogen and oxygen atoms in total. The third-order valence-corrected chi connectivity index (χ3v) is 6.25. The van der Waals surface area contributed by atoms with E-state index in [0.29, 0.717) is 23.1 Å². The van der Waals surface area contributed by atoms with Gasteiger partial charge in [-0.25, -0.2) is 4.98 Å². The molecule has 0 spiro atoms. The maximum atomic E-state index is 12.9. The number of anilines is 1. The van der Waals surface area contributed by atoms with E-state index in [1.54, 1.807) is 11.3 Å². The van der Waals surface area contributed by atoms with Gasteiger partial charge in [-0.2, -0.15) is 5.10 Å². The van der Waals surface area contributed by atoms with E-state index >= 15 is 0 Å². The molecule has 1 aliphatic carbocycles. The Kier molecular flexibility index (Phi) is 5.30. The van der Waals surface area contributed by atoms with Gasteiger partial charge >= 0.3 is 0 Å². The van der Waals surface area contributed by atoms with Crippen LogP contribution in [-0.2, 0) is 19.4 Å². The van der Waals surface area contributed by atoms with Crippen molar-refractivity contribution in [3.63, 3.8) is 0 Å². The molecule has 0 aliphatic heterocycles. The lowest BCUT2D eigenvalue weighted by molar-refractivity contribution is 0.101. The molecular weight excluding hydrogens is 374 g/mol. The van der Waals surface area contributed by atoms with E-state index in [-0.39, 0.29) is 5.91 Å². The highest BCUT2D eigenvalue weighted by molar-refractivity contribution is 7.15. The van der Waals surface area contributed by atoms with E-state index < -0.39 is 0 Å². The van der Waals surface area contributed by atoms with Gasteiger partial charge in [0, 0.05) is 16.1 Å². The van der Waals surface area contributed by atoms with Gasteiger partial charge in [-0.15, -0.1) is 11.3 Å². The van der Waals surface area contributed by atoms with Crippen LogP contribution >= 0.6 is 11.3 Å². The van der Waals surface area contributed by atoms with Crippen molar-refractivity contribution in [1.29, 1.82) is 0 Å². The van der Waals surface area contributed by atoms with Crippen molar-refractivity contribution in [2.24, 2.45) is 0 Å². The summed E-state index contributed by atoms with van der Waals surface area (Å²) in [6.07, 6.45) is 6.93. The Morgan fingerprint density at radius 3 is 2.75 bits per heavy atom. The minimum atomic E-state index is -0.282. The Morgan fingerprint density at radius 2 is 2.00 bits per heavy atom. The molecule has 0 fully saturated rings. The summed E-state index contributed by atoms with van der Waals surface area (Å²) in [5.41, 5.74) is 4.16. The molecule has 1 amide bonds. The summed E-state index contributed by atoms with van der Waals surface area (Å²) in [6.45, 7) is 6.21. The van der Waals surface area contributed by atoms with Crippen LogP contribution in [0.25, 0.3) is 0 Å². The van der Waals surface area contributed by atoms with Crippen molar-refractivity contribution in [2.45, 2.75) is 65.8 Å². The van der Waals surface area contributed by atoms with Gasteiger partial charge in [-0.05, 0) is 52.5 Å². The second kappa shape index (κ2) is 7.87. The van der Waals surface area contributed by atoms with Crippen LogP contribution in [0.3, 0.4) is 0 Å². The standard InChI is InChI=1S/C20H25N5O2S/c1-12-10-13(2)25(23-12)11-15-14(3)27-24-18(15)19(26)22-20-21-16-8-6-4-5-7-9-17(16)28-20/h10H,4-9,11H2,1-3H3,(H,21,22,26). The first-order valence-electron chi connectivity index (χ1n) is 9.77. The number of nitrogens with zero attached hydrogens (tertiary/aromatic N) is 4. The summed E-state index contributed by atoms with van der Waals surface area (Å²) in [6, 6.07) is 2.01. The summed E-state index contributed by atoms with van der Waals surface area (Å²) in [4.78, 5) is 18.8. The molecule has 0 bridgehead atoms. The Hall–Kier alpha value is -2.48. The molecule has 0 radical (unpaired) electrons. The average molecular weight is 400 g/mol. The van der Waals surface area contributed by atoms with Crippen LogP contribution in [0.5, 0.6) is 0 Å². The number of fused-ring (bicyclic) bond motifs is 1. The van der Waals surface area contributed by atoms with Crippen molar-refractivity contribution in [3.8, 4) is 0 Å². The number of hydrogen-bond donors (Lipinski definition) is 1. The second-order valence-electron chi connectivity index (χ2n) is 7.41.